The molecule has 0 fully saturated rings. The molecule has 0 saturated heterocycles. The van der Waals surface area contributed by atoms with Crippen LogP contribution in [0.25, 0.3) is 0 Å². The largest absolute Gasteiger partial charge is 0.389 e. The minimum absolute atomic E-state index is 0.283. The van der Waals surface area contributed by atoms with Gasteiger partial charge < -0.3 is 15.7 Å². The van der Waals surface area contributed by atoms with E-state index >= 15 is 0 Å². The van der Waals surface area contributed by atoms with Crippen molar-refractivity contribution >= 4 is 23.0 Å². The fraction of sp³-hybridized carbons (Fsp3) is 0.500. The molecule has 4 nitrogen and oxygen atoms in total. The van der Waals surface area contributed by atoms with Crippen LogP contribution in [0.3, 0.4) is 0 Å². The van der Waals surface area contributed by atoms with Crippen LogP contribution in [0.5, 0.6) is 0 Å². The SMILES string of the molecule is CCN(CC(C)(C)O)c1cccc(C(N)=S)n1. The quantitative estimate of drug-likeness (QED) is 0.775. The normalized spacial score (nSPS) is 11.3. The number of hydrogen-bond donors (Lipinski definition) is 2. The van der Waals surface area contributed by atoms with E-state index in [2.05, 4.69) is 4.98 Å². The summed E-state index contributed by atoms with van der Waals surface area (Å²) in [6, 6.07) is 5.53. The topological polar surface area (TPSA) is 62.4 Å². The lowest BCUT2D eigenvalue weighted by Crippen LogP contribution is -2.39. The molecule has 1 aromatic rings. The second-order valence-electron chi connectivity index (χ2n) is 4.57. The van der Waals surface area contributed by atoms with Crippen LogP contribution in [-0.4, -0.2) is 33.8 Å². The van der Waals surface area contributed by atoms with Gasteiger partial charge in [-0.25, -0.2) is 4.98 Å². The predicted molar refractivity (Wildman–Crippen MR) is 74.3 cm³/mol. The first-order valence-corrected chi connectivity index (χ1v) is 5.98. The first-order chi connectivity index (χ1) is 7.83. The molecule has 0 radical (unpaired) electrons. The number of thiocarbonyl (C=S) groups is 1. The third-order valence-electron chi connectivity index (χ3n) is 2.27. The van der Waals surface area contributed by atoms with Gasteiger partial charge in [-0.2, -0.15) is 0 Å². The van der Waals surface area contributed by atoms with Crippen LogP contribution in [0.1, 0.15) is 26.5 Å². The van der Waals surface area contributed by atoms with E-state index in [0.29, 0.717) is 12.2 Å². The van der Waals surface area contributed by atoms with Crippen LogP contribution in [0.15, 0.2) is 18.2 Å². The number of aliphatic hydroxyl groups is 1. The molecular weight excluding hydrogens is 234 g/mol. The maximum absolute atomic E-state index is 9.84. The zero-order valence-electron chi connectivity index (χ0n) is 10.5. The minimum Gasteiger partial charge on any atom is -0.389 e. The fourth-order valence-corrected chi connectivity index (χ4v) is 1.67. The van der Waals surface area contributed by atoms with Gasteiger partial charge in [0, 0.05) is 13.1 Å². The van der Waals surface area contributed by atoms with Crippen molar-refractivity contribution in [2.24, 2.45) is 5.73 Å². The van der Waals surface area contributed by atoms with Gasteiger partial charge in [-0.3, -0.25) is 0 Å². The van der Waals surface area contributed by atoms with E-state index < -0.39 is 5.60 Å². The summed E-state index contributed by atoms with van der Waals surface area (Å²) >= 11 is 4.90. The van der Waals surface area contributed by atoms with Crippen LogP contribution in [0, 0.1) is 0 Å². The van der Waals surface area contributed by atoms with Gasteiger partial charge in [-0.1, -0.05) is 18.3 Å². The van der Waals surface area contributed by atoms with Gasteiger partial charge in [-0.05, 0) is 32.9 Å². The highest BCUT2D eigenvalue weighted by Gasteiger charge is 2.18. The zero-order chi connectivity index (χ0) is 13.1. The van der Waals surface area contributed by atoms with Crippen LogP contribution in [0.2, 0.25) is 0 Å². The Morgan fingerprint density at radius 2 is 2.18 bits per heavy atom. The van der Waals surface area contributed by atoms with Gasteiger partial charge in [0.25, 0.3) is 0 Å². The second kappa shape index (κ2) is 5.42. The monoisotopic (exact) mass is 253 g/mol. The number of likely N-dealkylation sites (N-methyl/N-ethyl adjacent to an activating group) is 1. The zero-order valence-corrected chi connectivity index (χ0v) is 11.3. The molecule has 0 bridgehead atoms. The number of pyridine rings is 1. The van der Waals surface area contributed by atoms with Crippen molar-refractivity contribution in [3.63, 3.8) is 0 Å². The molecule has 0 aromatic carbocycles. The van der Waals surface area contributed by atoms with Crippen molar-refractivity contribution in [2.75, 3.05) is 18.0 Å². The first-order valence-electron chi connectivity index (χ1n) is 5.57. The van der Waals surface area contributed by atoms with E-state index in [4.69, 9.17) is 18.0 Å². The van der Waals surface area contributed by atoms with E-state index in [9.17, 15) is 5.11 Å². The highest BCUT2D eigenvalue weighted by molar-refractivity contribution is 7.80. The Kier molecular flexibility index (Phi) is 4.42. The highest BCUT2D eigenvalue weighted by Crippen LogP contribution is 2.15. The van der Waals surface area contributed by atoms with Crippen molar-refractivity contribution in [1.82, 2.24) is 4.98 Å². The summed E-state index contributed by atoms with van der Waals surface area (Å²) in [5.41, 5.74) is 5.39. The molecule has 0 aliphatic rings. The average Bonchev–Trinajstić information content (AvgIpc) is 2.25. The molecule has 1 heterocycles. The smallest absolute Gasteiger partial charge is 0.129 e. The van der Waals surface area contributed by atoms with E-state index in [-0.39, 0.29) is 4.99 Å². The van der Waals surface area contributed by atoms with E-state index in [1.165, 1.54) is 0 Å². The summed E-state index contributed by atoms with van der Waals surface area (Å²) in [5, 5.41) is 9.84. The van der Waals surface area contributed by atoms with E-state index in [1.807, 2.05) is 24.0 Å². The van der Waals surface area contributed by atoms with Crippen LogP contribution < -0.4 is 10.6 Å². The average molecular weight is 253 g/mol. The molecular formula is C12H19N3OS. The van der Waals surface area contributed by atoms with Crippen molar-refractivity contribution in [3.05, 3.63) is 23.9 Å². The van der Waals surface area contributed by atoms with Crippen molar-refractivity contribution in [1.29, 1.82) is 0 Å². The fourth-order valence-electron chi connectivity index (χ4n) is 1.56. The molecule has 0 atom stereocenters. The summed E-state index contributed by atoms with van der Waals surface area (Å²) in [5.74, 6) is 0.778. The molecule has 0 aliphatic heterocycles. The molecule has 0 saturated carbocycles. The number of hydrogen-bond acceptors (Lipinski definition) is 4. The van der Waals surface area contributed by atoms with Crippen LogP contribution >= 0.6 is 12.2 Å². The Morgan fingerprint density at radius 3 is 2.65 bits per heavy atom. The molecule has 0 unspecified atom stereocenters. The molecule has 1 aromatic heterocycles. The maximum Gasteiger partial charge on any atom is 0.129 e. The Balaban J connectivity index is 2.96. The van der Waals surface area contributed by atoms with Crippen molar-refractivity contribution < 1.29 is 5.11 Å². The van der Waals surface area contributed by atoms with Gasteiger partial charge in [0.1, 0.15) is 10.8 Å². The minimum atomic E-state index is -0.767. The number of anilines is 1. The first kappa shape index (κ1) is 13.9. The van der Waals surface area contributed by atoms with Gasteiger partial charge in [0.2, 0.25) is 0 Å². The predicted octanol–water partition coefficient (Wildman–Crippen LogP) is 1.31. The van der Waals surface area contributed by atoms with Gasteiger partial charge in [-0.15, -0.1) is 0 Å². The van der Waals surface area contributed by atoms with Gasteiger partial charge in [0.15, 0.2) is 0 Å². The third kappa shape index (κ3) is 4.28. The van der Waals surface area contributed by atoms with Crippen LogP contribution in [-0.2, 0) is 0 Å². The number of aromatic nitrogens is 1. The van der Waals surface area contributed by atoms with Crippen molar-refractivity contribution in [3.8, 4) is 0 Å². The van der Waals surface area contributed by atoms with Gasteiger partial charge >= 0.3 is 0 Å². The summed E-state index contributed by atoms with van der Waals surface area (Å²) in [7, 11) is 0. The number of rotatable bonds is 5. The number of nitrogens with two attached hydrogens (primary N) is 1. The lowest BCUT2D eigenvalue weighted by atomic mass is 10.1. The lowest BCUT2D eigenvalue weighted by Gasteiger charge is -2.29. The molecule has 1 rings (SSSR count). The Labute approximate surface area is 107 Å². The molecule has 17 heavy (non-hydrogen) atoms. The standard InChI is InChI=1S/C12H19N3OS/c1-4-15(8-12(2,3)16)10-7-5-6-9(14-10)11(13)17/h5-7,16H,4,8H2,1-3H3,(H2,13,17). The Bertz CT molecular complexity index is 401. The molecule has 0 spiro atoms. The molecule has 3 N–H and O–H groups in total. The molecule has 0 aliphatic carbocycles. The molecule has 5 heteroatoms. The molecule has 94 valence electrons. The number of nitrogens with zero attached hydrogens (tertiary/aromatic N) is 2. The summed E-state index contributed by atoms with van der Waals surface area (Å²) < 4.78 is 0. The third-order valence-corrected chi connectivity index (χ3v) is 2.48. The van der Waals surface area contributed by atoms with Gasteiger partial charge in [0.05, 0.1) is 11.3 Å². The maximum atomic E-state index is 9.84. The lowest BCUT2D eigenvalue weighted by molar-refractivity contribution is 0.0874. The van der Waals surface area contributed by atoms with E-state index in [0.717, 1.165) is 12.4 Å². The summed E-state index contributed by atoms with van der Waals surface area (Å²) in [4.78, 5) is 6.65. The van der Waals surface area contributed by atoms with E-state index in [1.54, 1.807) is 19.9 Å². The second-order valence-corrected chi connectivity index (χ2v) is 5.01. The van der Waals surface area contributed by atoms with Crippen molar-refractivity contribution in [2.45, 2.75) is 26.4 Å². The summed E-state index contributed by atoms with van der Waals surface area (Å²) in [6.45, 7) is 6.83. The van der Waals surface area contributed by atoms with Crippen LogP contribution in [0.4, 0.5) is 5.82 Å². The summed E-state index contributed by atoms with van der Waals surface area (Å²) in [6.07, 6.45) is 0. The Morgan fingerprint density at radius 1 is 1.53 bits per heavy atom. The molecule has 0 amide bonds. The highest BCUT2D eigenvalue weighted by atomic mass is 32.1. The Hall–Kier alpha value is -1.20.